The van der Waals surface area contributed by atoms with Gasteiger partial charge in [0, 0.05) is 107 Å². The molecule has 15 nitrogen and oxygen atoms in total. The fourth-order valence-corrected chi connectivity index (χ4v) is 11.1. The molecule has 5 aliphatic rings. The number of nitrogens with one attached hydrogen (secondary N) is 2. The van der Waals surface area contributed by atoms with Gasteiger partial charge in [0.2, 0.25) is 17.7 Å². The van der Waals surface area contributed by atoms with Crippen molar-refractivity contribution in [2.24, 2.45) is 5.92 Å². The van der Waals surface area contributed by atoms with E-state index in [-0.39, 0.29) is 36.0 Å². The van der Waals surface area contributed by atoms with Crippen LogP contribution < -0.4 is 15.5 Å². The summed E-state index contributed by atoms with van der Waals surface area (Å²) in [5.41, 5.74) is 2.96. The third-order valence-corrected chi connectivity index (χ3v) is 15.1. The van der Waals surface area contributed by atoms with Gasteiger partial charge in [-0.15, -0.1) is 22.0 Å². The Morgan fingerprint density at radius 1 is 0.833 bits per heavy atom. The Morgan fingerprint density at radius 3 is 2.41 bits per heavy atom. The van der Waals surface area contributed by atoms with E-state index in [0.29, 0.717) is 42.7 Å². The zero-order valence-corrected chi connectivity index (χ0v) is 39.1. The normalized spacial score (nSPS) is 20.3. The first-order valence-corrected chi connectivity index (χ1v) is 25.4. The summed E-state index contributed by atoms with van der Waals surface area (Å²) in [5, 5.41) is 14.3. The van der Waals surface area contributed by atoms with Crippen molar-refractivity contribution in [3.05, 3.63) is 83.3 Å². The van der Waals surface area contributed by atoms with Crippen molar-refractivity contribution in [3.63, 3.8) is 0 Å². The summed E-state index contributed by atoms with van der Waals surface area (Å²) < 4.78 is 0. The molecule has 352 valence electrons. The van der Waals surface area contributed by atoms with Crippen LogP contribution in [0.25, 0.3) is 6.08 Å². The highest BCUT2D eigenvalue weighted by molar-refractivity contribution is 7.99. The molecule has 2 N–H and O–H groups in total. The summed E-state index contributed by atoms with van der Waals surface area (Å²) in [6.07, 6.45) is 19.5. The lowest BCUT2D eigenvalue weighted by molar-refractivity contribution is -0.137. The van der Waals surface area contributed by atoms with Crippen molar-refractivity contribution < 1.29 is 24.0 Å². The number of nitrogens with zero attached hydrogens (tertiary/aromatic N) is 8. The van der Waals surface area contributed by atoms with Crippen molar-refractivity contribution in [2.45, 2.75) is 107 Å². The van der Waals surface area contributed by atoms with Gasteiger partial charge in [0.15, 0.2) is 11.5 Å². The summed E-state index contributed by atoms with van der Waals surface area (Å²) in [5.74, 6) is 1.62. The molecule has 4 fully saturated rings. The number of piperazine rings is 1. The van der Waals surface area contributed by atoms with Gasteiger partial charge in [-0.2, -0.15) is 0 Å². The number of aromatic nitrogens is 3. The smallest absolute Gasteiger partial charge is 0.274 e. The predicted octanol–water partition coefficient (Wildman–Crippen LogP) is 5.42. The standard InChI is InChI=1S/C50H66N10O5S/c61-46(16-10-38-9-7-22-51-35-38)52-23-4-3-8-37-18-25-59(26-19-37)50(65)43-13-15-45(55-54-43)58-27-20-40(21-28-58)57-31-29-56(30-32-57)24-5-1-2-6-33-66-41-11-12-42-39(34-41)36-60(49(42)64)44-14-17-47(62)53-48(44)63/h7,9-13,15-16,22,34-35,37,40,44H,1-6,8,14,17-21,23-33,36H2,(H,52,61)(H,53,62,63)/b16-10+. The Kier molecular flexibility index (Phi) is 16.8. The van der Waals surface area contributed by atoms with Crippen LogP contribution in [0.1, 0.15) is 115 Å². The first-order valence-electron chi connectivity index (χ1n) is 24.4. The van der Waals surface area contributed by atoms with Gasteiger partial charge in [0.1, 0.15) is 6.04 Å². The number of pyridine rings is 1. The SMILES string of the molecule is O=C(/C=C/c1cccnc1)NCCCCC1CCN(C(=O)c2ccc(N3CCC(N4CCN(CCCCCCSc5ccc6c(c5)CN(C5CCC(=O)NC5=O)C6=O)CC4)CC3)nn2)CC1. The highest BCUT2D eigenvalue weighted by Gasteiger charge is 2.39. The number of hydrogen-bond donors (Lipinski definition) is 2. The number of benzene rings is 1. The van der Waals surface area contributed by atoms with Crippen molar-refractivity contribution in [3.8, 4) is 0 Å². The number of imide groups is 1. The molecule has 3 aromatic rings. The van der Waals surface area contributed by atoms with Crippen LogP contribution in [0.15, 0.2) is 65.8 Å². The van der Waals surface area contributed by atoms with Crippen LogP contribution >= 0.6 is 11.8 Å². The van der Waals surface area contributed by atoms with Gasteiger partial charge in [-0.1, -0.05) is 31.7 Å². The van der Waals surface area contributed by atoms with E-state index in [9.17, 15) is 24.0 Å². The Hall–Kier alpha value is -5.19. The molecule has 1 unspecified atom stereocenters. The number of hydrogen-bond acceptors (Lipinski definition) is 12. The number of fused-ring (bicyclic) bond motifs is 1. The maximum Gasteiger partial charge on any atom is 0.274 e. The molecule has 2 aromatic heterocycles. The number of likely N-dealkylation sites (tertiary alicyclic amines) is 1. The van der Waals surface area contributed by atoms with E-state index in [4.69, 9.17) is 0 Å². The Morgan fingerprint density at radius 2 is 1.65 bits per heavy atom. The van der Waals surface area contributed by atoms with E-state index in [1.807, 2.05) is 53.1 Å². The van der Waals surface area contributed by atoms with Gasteiger partial charge in [-0.25, -0.2) is 0 Å². The zero-order chi connectivity index (χ0) is 45.7. The van der Waals surface area contributed by atoms with Crippen LogP contribution in [-0.4, -0.2) is 148 Å². The molecule has 0 bridgehead atoms. The second-order valence-electron chi connectivity index (χ2n) is 18.5. The van der Waals surface area contributed by atoms with Crippen molar-refractivity contribution in [1.29, 1.82) is 0 Å². The monoisotopic (exact) mass is 918 g/mol. The fraction of sp³-hybridized carbons (Fsp3) is 0.560. The fourth-order valence-electron chi connectivity index (χ4n) is 10.1. The molecule has 4 saturated heterocycles. The van der Waals surface area contributed by atoms with E-state index in [1.165, 1.54) is 19.3 Å². The lowest BCUT2D eigenvalue weighted by Gasteiger charge is -2.43. The molecular formula is C50H66N10O5S. The van der Waals surface area contributed by atoms with Gasteiger partial charge < -0.3 is 24.9 Å². The largest absolute Gasteiger partial charge is 0.355 e. The number of piperidine rings is 3. The highest BCUT2D eigenvalue weighted by atomic mass is 32.2. The Balaban J connectivity index is 0.642. The molecule has 1 aromatic carbocycles. The average molecular weight is 919 g/mol. The van der Waals surface area contributed by atoms with Gasteiger partial charge in [-0.3, -0.25) is 39.2 Å². The second kappa shape index (κ2) is 23.5. The first kappa shape index (κ1) is 47.3. The number of anilines is 1. The summed E-state index contributed by atoms with van der Waals surface area (Å²) in [6, 6.07) is 13.6. The lowest BCUT2D eigenvalue weighted by atomic mass is 9.91. The number of thioether (sulfide) groups is 1. The molecule has 1 atom stereocenters. The lowest BCUT2D eigenvalue weighted by Crippen LogP contribution is -2.53. The second-order valence-corrected chi connectivity index (χ2v) is 19.7. The number of rotatable bonds is 19. The van der Waals surface area contributed by atoms with Gasteiger partial charge >= 0.3 is 0 Å². The average Bonchev–Trinajstić information content (AvgIpc) is 3.68. The maximum atomic E-state index is 13.3. The molecule has 0 saturated carbocycles. The minimum absolute atomic E-state index is 0.0287. The summed E-state index contributed by atoms with van der Waals surface area (Å²) in [7, 11) is 0. The molecule has 0 aliphatic carbocycles. The third kappa shape index (κ3) is 12.8. The van der Waals surface area contributed by atoms with Gasteiger partial charge in [0.25, 0.3) is 11.8 Å². The molecule has 16 heteroatoms. The molecule has 7 heterocycles. The van der Waals surface area contributed by atoms with Crippen molar-refractivity contribution >= 4 is 53.2 Å². The van der Waals surface area contributed by atoms with Crippen molar-refractivity contribution in [2.75, 3.05) is 76.1 Å². The minimum atomic E-state index is -0.577. The van der Waals surface area contributed by atoms with Crippen LogP contribution in [0, 0.1) is 5.92 Å². The minimum Gasteiger partial charge on any atom is -0.355 e. The van der Waals surface area contributed by atoms with Crippen LogP contribution in [0.5, 0.6) is 0 Å². The van der Waals surface area contributed by atoms with Crippen LogP contribution in [0.4, 0.5) is 5.82 Å². The maximum absolute atomic E-state index is 13.3. The van der Waals surface area contributed by atoms with E-state index < -0.39 is 6.04 Å². The van der Waals surface area contributed by atoms with Crippen LogP contribution in [0.3, 0.4) is 0 Å². The quantitative estimate of drug-likeness (QED) is 0.0681. The van der Waals surface area contributed by atoms with Gasteiger partial charge in [-0.05, 0) is 123 Å². The first-order chi connectivity index (χ1) is 32.3. The third-order valence-electron chi connectivity index (χ3n) is 14.1. The number of carbonyl (C=O) groups is 5. The van der Waals surface area contributed by atoms with Gasteiger partial charge in [0.05, 0.1) is 0 Å². The van der Waals surface area contributed by atoms with E-state index in [1.54, 1.807) is 29.4 Å². The summed E-state index contributed by atoms with van der Waals surface area (Å²) in [4.78, 5) is 78.7. The number of unbranched alkanes of at least 4 members (excludes halogenated alkanes) is 4. The molecule has 5 aliphatic heterocycles. The highest BCUT2D eigenvalue weighted by Crippen LogP contribution is 2.32. The number of carbonyl (C=O) groups excluding carboxylic acids is 5. The van der Waals surface area contributed by atoms with Crippen molar-refractivity contribution in [1.82, 2.24) is 45.4 Å². The molecule has 0 spiro atoms. The zero-order valence-electron chi connectivity index (χ0n) is 38.3. The predicted molar refractivity (Wildman–Crippen MR) is 256 cm³/mol. The molecule has 0 radical (unpaired) electrons. The van der Waals surface area contributed by atoms with E-state index in [2.05, 4.69) is 46.6 Å². The van der Waals surface area contributed by atoms with E-state index >= 15 is 0 Å². The summed E-state index contributed by atoms with van der Waals surface area (Å²) >= 11 is 1.83. The van der Waals surface area contributed by atoms with Crippen LogP contribution in [-0.2, 0) is 20.9 Å². The topological polar surface area (TPSA) is 164 Å². The Bertz CT molecular complexity index is 2150. The summed E-state index contributed by atoms with van der Waals surface area (Å²) in [6.45, 7) is 10.1. The molecule has 66 heavy (non-hydrogen) atoms. The van der Waals surface area contributed by atoms with Crippen LogP contribution in [0.2, 0.25) is 0 Å². The molecule has 8 rings (SSSR count). The van der Waals surface area contributed by atoms with E-state index in [0.717, 1.165) is 138 Å². The molecule has 5 amide bonds. The Labute approximate surface area is 393 Å². The number of amides is 5. The molecular weight excluding hydrogens is 853 g/mol.